The molecule has 0 atom stereocenters. The van der Waals surface area contributed by atoms with E-state index in [1.54, 1.807) is 0 Å². The Morgan fingerprint density at radius 1 is 0.875 bits per heavy atom. The molecule has 0 aromatic rings. The fraction of sp³-hybridized carbons (Fsp3) is 0.667. The van der Waals surface area contributed by atoms with Crippen LogP contribution in [0.4, 0.5) is 0 Å². The highest BCUT2D eigenvalue weighted by molar-refractivity contribution is 7.57. The van der Waals surface area contributed by atoms with Crippen LogP contribution in [0.2, 0.25) is 0 Å². The molecule has 0 spiro atoms. The third kappa shape index (κ3) is 10.0. The van der Waals surface area contributed by atoms with Gasteiger partial charge in [-0.15, -0.1) is 7.92 Å². The van der Waals surface area contributed by atoms with Gasteiger partial charge in [-0.2, -0.15) is 0 Å². The summed E-state index contributed by atoms with van der Waals surface area (Å²) >= 11 is 0. The van der Waals surface area contributed by atoms with Gasteiger partial charge in [0.2, 0.25) is 0 Å². The predicted octanol–water partition coefficient (Wildman–Crippen LogP) is 1.45. The molecule has 0 heterocycles. The highest BCUT2D eigenvalue weighted by Crippen LogP contribution is 2.37. The first-order chi connectivity index (χ1) is 7.41. The normalized spacial score (nSPS) is 10.4. The van der Waals surface area contributed by atoms with Gasteiger partial charge in [0.25, 0.3) is 0 Å². The third-order valence-corrected chi connectivity index (χ3v) is 4.77. The zero-order valence-electron chi connectivity index (χ0n) is 8.85. The van der Waals surface area contributed by atoms with Crippen LogP contribution in [0.5, 0.6) is 0 Å². The van der Waals surface area contributed by atoms with Crippen LogP contribution in [0.3, 0.4) is 0 Å². The molecule has 0 aromatic heterocycles. The number of carbonyl (C=O) groups is 2. The predicted molar refractivity (Wildman–Crippen MR) is 65.9 cm³/mol. The van der Waals surface area contributed by atoms with E-state index < -0.39 is 19.9 Å². The Hall–Kier alpha value is -0.500. The molecule has 0 saturated carbocycles. The number of carboxylic acids is 2. The van der Waals surface area contributed by atoms with E-state index in [4.69, 9.17) is 15.3 Å². The van der Waals surface area contributed by atoms with Crippen LogP contribution >= 0.6 is 16.8 Å². The second-order valence-electron chi connectivity index (χ2n) is 3.33. The van der Waals surface area contributed by atoms with Crippen LogP contribution in [0.1, 0.15) is 19.3 Å². The van der Waals surface area contributed by atoms with Gasteiger partial charge in [-0.25, -0.2) is 0 Å². The monoisotopic (exact) mass is 266 g/mol. The Morgan fingerprint density at radius 3 is 1.56 bits per heavy atom. The standard InChI is InChI=1S/C9H16O5P2/c10-7(11)1-4-16(5-2-8(12)13)6-3-9(14)15/h14-15H,1-6H2,(H,10,11)(H,12,13). The van der Waals surface area contributed by atoms with Crippen molar-refractivity contribution in [1.82, 2.24) is 0 Å². The zero-order valence-corrected chi connectivity index (χ0v) is 10.7. The van der Waals surface area contributed by atoms with Crippen molar-refractivity contribution in [2.45, 2.75) is 19.3 Å². The van der Waals surface area contributed by atoms with Gasteiger partial charge in [0.05, 0.1) is 5.48 Å². The number of aliphatic carboxylic acids is 2. The molecule has 0 aromatic carbocycles. The van der Waals surface area contributed by atoms with Crippen molar-refractivity contribution in [3.8, 4) is 0 Å². The first kappa shape index (κ1) is 15.5. The molecule has 16 heavy (non-hydrogen) atoms. The summed E-state index contributed by atoms with van der Waals surface area (Å²) in [6.45, 7) is 0. The Balaban J connectivity index is 3.98. The van der Waals surface area contributed by atoms with Crippen LogP contribution in [0, 0.1) is 0 Å². The number of aliphatic hydroxyl groups excluding tert-OH is 1. The van der Waals surface area contributed by atoms with E-state index in [2.05, 4.69) is 8.86 Å². The molecule has 0 amide bonds. The average molecular weight is 266 g/mol. The van der Waals surface area contributed by atoms with Crippen molar-refractivity contribution in [1.29, 1.82) is 0 Å². The highest BCUT2D eigenvalue weighted by Gasteiger charge is 2.12. The maximum absolute atomic E-state index is 10.4. The van der Waals surface area contributed by atoms with Gasteiger partial charge >= 0.3 is 11.9 Å². The van der Waals surface area contributed by atoms with Gasteiger partial charge in [0, 0.05) is 19.3 Å². The van der Waals surface area contributed by atoms with Crippen LogP contribution in [-0.4, -0.2) is 51.2 Å². The number of rotatable bonds is 9. The molecule has 92 valence electrons. The lowest BCUT2D eigenvalue weighted by molar-refractivity contribution is -0.137. The SMILES string of the molecule is O=C(O)CCP(CCC(=O)O)CCC(O)=P. The lowest BCUT2D eigenvalue weighted by Crippen LogP contribution is -2.06. The lowest BCUT2D eigenvalue weighted by atomic mass is 10.5. The molecule has 5 nitrogen and oxygen atoms in total. The van der Waals surface area contributed by atoms with Gasteiger partial charge in [0.15, 0.2) is 0 Å². The summed E-state index contributed by atoms with van der Waals surface area (Å²) in [5.74, 6) is -1.73. The van der Waals surface area contributed by atoms with E-state index in [0.29, 0.717) is 24.9 Å². The van der Waals surface area contributed by atoms with E-state index in [-0.39, 0.29) is 18.3 Å². The second-order valence-corrected chi connectivity index (χ2v) is 6.59. The molecule has 3 N–H and O–H groups in total. The quantitative estimate of drug-likeness (QED) is 0.549. The molecule has 7 heteroatoms. The molecule has 0 radical (unpaired) electrons. The summed E-state index contributed by atoms with van der Waals surface area (Å²) in [7, 11) is 2.33. The summed E-state index contributed by atoms with van der Waals surface area (Å²) < 4.78 is 0. The first-order valence-electron chi connectivity index (χ1n) is 4.84. The summed E-state index contributed by atoms with van der Waals surface area (Å²) in [4.78, 5) is 20.8. The molecule has 0 aliphatic heterocycles. The Bertz CT molecular complexity index is 224. The zero-order chi connectivity index (χ0) is 12.6. The smallest absolute Gasteiger partial charge is 0.303 e. The van der Waals surface area contributed by atoms with Crippen molar-refractivity contribution >= 4 is 34.2 Å². The molecule has 0 saturated heterocycles. The van der Waals surface area contributed by atoms with Gasteiger partial charge < -0.3 is 15.3 Å². The Morgan fingerprint density at radius 2 is 1.25 bits per heavy atom. The minimum Gasteiger partial charge on any atom is -0.481 e. The Labute approximate surface area is 97.5 Å². The largest absolute Gasteiger partial charge is 0.481 e. The topological polar surface area (TPSA) is 94.8 Å². The van der Waals surface area contributed by atoms with Crippen LogP contribution in [0.15, 0.2) is 0 Å². The number of hydrogen-bond donors (Lipinski definition) is 3. The van der Waals surface area contributed by atoms with Crippen molar-refractivity contribution < 1.29 is 24.9 Å². The maximum Gasteiger partial charge on any atom is 0.303 e. The van der Waals surface area contributed by atoms with Gasteiger partial charge in [0.1, 0.15) is 0 Å². The van der Waals surface area contributed by atoms with E-state index in [0.717, 1.165) is 0 Å². The van der Waals surface area contributed by atoms with E-state index >= 15 is 0 Å². The fourth-order valence-electron chi connectivity index (χ4n) is 1.11. The number of carboxylic acid groups (broad SMARTS) is 2. The van der Waals surface area contributed by atoms with Crippen LogP contribution in [0.25, 0.3) is 0 Å². The summed E-state index contributed by atoms with van der Waals surface area (Å²) in [6.07, 6.45) is 2.25. The molecular weight excluding hydrogens is 250 g/mol. The average Bonchev–Trinajstić information content (AvgIpc) is 2.15. The molecule has 0 rings (SSSR count). The van der Waals surface area contributed by atoms with Crippen molar-refractivity contribution in [3.63, 3.8) is 0 Å². The van der Waals surface area contributed by atoms with E-state index in [1.165, 1.54) is 0 Å². The van der Waals surface area contributed by atoms with Gasteiger partial charge in [-0.05, 0) is 18.5 Å². The first-order valence-corrected chi connectivity index (χ1v) is 7.24. The summed E-state index contributed by atoms with van der Waals surface area (Å²) in [6, 6.07) is 0. The third-order valence-electron chi connectivity index (χ3n) is 1.95. The molecule has 0 fully saturated rings. The molecule has 0 aliphatic carbocycles. The van der Waals surface area contributed by atoms with Crippen molar-refractivity contribution in [2.24, 2.45) is 0 Å². The minimum atomic E-state index is -0.866. The van der Waals surface area contributed by atoms with Crippen LogP contribution < -0.4 is 0 Å². The fourth-order valence-corrected chi connectivity index (χ4v) is 3.66. The molecule has 0 unspecified atom stereocenters. The molecule has 0 aliphatic rings. The lowest BCUT2D eigenvalue weighted by Gasteiger charge is -2.15. The van der Waals surface area contributed by atoms with Crippen molar-refractivity contribution in [2.75, 3.05) is 18.5 Å². The van der Waals surface area contributed by atoms with E-state index in [1.807, 2.05) is 0 Å². The molecule has 0 bridgehead atoms. The Kier molecular flexibility index (Phi) is 8.36. The molecular formula is C9H16O5P2. The van der Waals surface area contributed by atoms with Gasteiger partial charge in [-0.1, -0.05) is 8.86 Å². The van der Waals surface area contributed by atoms with Crippen molar-refractivity contribution in [3.05, 3.63) is 0 Å². The highest BCUT2D eigenvalue weighted by atomic mass is 31.1. The second kappa shape index (κ2) is 8.63. The van der Waals surface area contributed by atoms with Gasteiger partial charge in [-0.3, -0.25) is 9.59 Å². The summed E-state index contributed by atoms with van der Waals surface area (Å²) in [5, 5.41) is 26.1. The summed E-state index contributed by atoms with van der Waals surface area (Å²) in [5.41, 5.74) is 0.123. The number of aliphatic hydroxyl groups is 1. The minimum absolute atomic E-state index is 0.0633. The van der Waals surface area contributed by atoms with Crippen LogP contribution in [-0.2, 0) is 9.59 Å². The maximum atomic E-state index is 10.4. The number of hydrogen-bond acceptors (Lipinski definition) is 2. The van der Waals surface area contributed by atoms with E-state index in [9.17, 15) is 9.59 Å².